The van der Waals surface area contributed by atoms with E-state index in [1.54, 1.807) is 4.90 Å². The van der Waals surface area contributed by atoms with Crippen LogP contribution >= 0.6 is 0 Å². The Morgan fingerprint density at radius 3 is 1.73 bits per heavy atom. The van der Waals surface area contributed by atoms with Gasteiger partial charge in [-0.15, -0.1) is 0 Å². The smallest absolute Gasteiger partial charge is 0.407 e. The van der Waals surface area contributed by atoms with E-state index in [0.29, 0.717) is 24.5 Å². The summed E-state index contributed by atoms with van der Waals surface area (Å²) in [6, 6.07) is 26.6. The van der Waals surface area contributed by atoms with Crippen molar-refractivity contribution in [2.24, 2.45) is 5.92 Å². The van der Waals surface area contributed by atoms with Gasteiger partial charge in [0, 0.05) is 18.7 Å². The molecule has 4 amide bonds. The Morgan fingerprint density at radius 1 is 0.645 bits per heavy atom. The highest BCUT2D eigenvalue weighted by atomic mass is 16.5. The summed E-state index contributed by atoms with van der Waals surface area (Å²) in [4.78, 5) is 71.9. The van der Waals surface area contributed by atoms with E-state index >= 15 is 0 Å². The van der Waals surface area contributed by atoms with Crippen LogP contribution in [0.4, 0.5) is 9.59 Å². The fourth-order valence-electron chi connectivity index (χ4n) is 8.64. The standard InChI is InChI=1S/C48H52N8O6/c1-28(2)41(53-47(59)61-4)45(57)55-22-6-8-39(55)44-50-27-38(52-44)36-21-20-34-24-33(18-19-35(34)25-36)30-14-16-31(17-15-30)37-26-49-43(51-37)40-9-7-23-56(40)46(58)42(54-48(60)62-5)32-12-10-29(3)11-13-32/h10-21,24-28,39-42H,6-9,22-23H2,1-5H3,(H,49,51)(H,50,52)(H,53,59)(H,54,60). The minimum absolute atomic E-state index is 0.108. The molecule has 0 aliphatic carbocycles. The van der Waals surface area contributed by atoms with Crippen LogP contribution in [0.3, 0.4) is 0 Å². The van der Waals surface area contributed by atoms with E-state index in [9.17, 15) is 19.2 Å². The predicted molar refractivity (Wildman–Crippen MR) is 236 cm³/mol. The molecule has 2 saturated heterocycles. The average Bonchev–Trinajstić information content (AvgIpc) is 4.14. The Balaban J connectivity index is 0.942. The van der Waals surface area contributed by atoms with Crippen LogP contribution in [-0.2, 0) is 19.1 Å². The summed E-state index contributed by atoms with van der Waals surface area (Å²) in [7, 11) is 2.58. The molecule has 0 spiro atoms. The number of nitrogens with one attached hydrogen (secondary N) is 4. The van der Waals surface area contributed by atoms with Crippen LogP contribution in [0.25, 0.3) is 44.4 Å². The number of carbonyl (C=O) groups is 4. The number of nitrogens with zero attached hydrogens (tertiary/aromatic N) is 4. The summed E-state index contributed by atoms with van der Waals surface area (Å²) < 4.78 is 9.63. The van der Waals surface area contributed by atoms with Crippen molar-refractivity contribution in [3.63, 3.8) is 0 Å². The van der Waals surface area contributed by atoms with Gasteiger partial charge in [0.05, 0.1) is 50.1 Å². The quantitative estimate of drug-likeness (QED) is 0.101. The van der Waals surface area contributed by atoms with Gasteiger partial charge in [-0.05, 0) is 83.7 Å². The van der Waals surface area contributed by atoms with E-state index in [-0.39, 0.29) is 29.8 Å². The lowest BCUT2D eigenvalue weighted by molar-refractivity contribution is -0.135. The normalized spacial score (nSPS) is 17.3. The van der Waals surface area contributed by atoms with Crippen LogP contribution in [0.5, 0.6) is 0 Å². The van der Waals surface area contributed by atoms with Crippen LogP contribution in [0.1, 0.15) is 80.4 Å². The third-order valence-electron chi connectivity index (χ3n) is 12.1. The minimum atomic E-state index is -0.885. The topological polar surface area (TPSA) is 175 Å². The van der Waals surface area contributed by atoms with Crippen molar-refractivity contribution in [2.75, 3.05) is 27.3 Å². The molecule has 320 valence electrons. The fourth-order valence-corrected chi connectivity index (χ4v) is 8.64. The highest BCUT2D eigenvalue weighted by Crippen LogP contribution is 2.36. The van der Waals surface area contributed by atoms with Gasteiger partial charge in [-0.25, -0.2) is 19.6 Å². The molecule has 0 bridgehead atoms. The Morgan fingerprint density at radius 2 is 1.15 bits per heavy atom. The monoisotopic (exact) mass is 836 g/mol. The number of carbonyl (C=O) groups excluding carboxylic acids is 4. The van der Waals surface area contributed by atoms with E-state index in [1.165, 1.54) is 14.2 Å². The summed E-state index contributed by atoms with van der Waals surface area (Å²) in [5, 5.41) is 7.62. The van der Waals surface area contributed by atoms with E-state index in [0.717, 1.165) is 81.5 Å². The van der Waals surface area contributed by atoms with Crippen LogP contribution in [0.15, 0.2) is 97.3 Å². The largest absolute Gasteiger partial charge is 0.453 e. The number of fused-ring (bicyclic) bond motifs is 1. The van der Waals surface area contributed by atoms with E-state index in [1.807, 2.05) is 62.3 Å². The maximum Gasteiger partial charge on any atom is 0.407 e. The number of alkyl carbamates (subject to hydrolysis) is 2. The summed E-state index contributed by atoms with van der Waals surface area (Å²) in [5.41, 5.74) is 7.58. The average molecular weight is 837 g/mol. The molecule has 6 aromatic rings. The lowest BCUT2D eigenvalue weighted by Gasteiger charge is -2.30. The van der Waals surface area contributed by atoms with Gasteiger partial charge in [-0.3, -0.25) is 9.59 Å². The number of aromatic nitrogens is 4. The van der Waals surface area contributed by atoms with Crippen LogP contribution in [0, 0.1) is 12.8 Å². The first-order valence-electron chi connectivity index (χ1n) is 21.1. The number of methoxy groups -OCH3 is 2. The van der Waals surface area contributed by atoms with E-state index in [2.05, 4.69) is 81.3 Å². The van der Waals surface area contributed by atoms with Crippen LogP contribution in [-0.4, -0.2) is 87.1 Å². The van der Waals surface area contributed by atoms with Gasteiger partial charge in [0.25, 0.3) is 5.91 Å². The molecule has 4 N–H and O–H groups in total. The fraction of sp³-hybridized carbons (Fsp3) is 0.333. The Kier molecular flexibility index (Phi) is 12.1. The Bertz CT molecular complexity index is 2580. The second-order valence-corrected chi connectivity index (χ2v) is 16.4. The predicted octanol–water partition coefficient (Wildman–Crippen LogP) is 8.40. The first kappa shape index (κ1) is 41.8. The first-order chi connectivity index (χ1) is 30.0. The lowest BCUT2D eigenvalue weighted by Crippen LogP contribution is -2.51. The summed E-state index contributed by atoms with van der Waals surface area (Å²) in [5.74, 6) is 0.975. The molecule has 0 saturated carbocycles. The second-order valence-electron chi connectivity index (χ2n) is 16.4. The van der Waals surface area contributed by atoms with Gasteiger partial charge in [0.15, 0.2) is 0 Å². The zero-order valence-corrected chi connectivity index (χ0v) is 35.6. The molecule has 2 aliphatic heterocycles. The van der Waals surface area contributed by atoms with Crippen LogP contribution < -0.4 is 10.6 Å². The zero-order chi connectivity index (χ0) is 43.5. The second kappa shape index (κ2) is 17.9. The molecule has 4 atom stereocenters. The number of likely N-dealkylation sites (tertiary alicyclic amines) is 2. The minimum Gasteiger partial charge on any atom is -0.453 e. The summed E-state index contributed by atoms with van der Waals surface area (Å²) in [6.07, 6.45) is 5.53. The molecule has 4 unspecified atom stereocenters. The Labute approximate surface area is 360 Å². The maximum atomic E-state index is 14.0. The van der Waals surface area contributed by atoms with Crippen molar-refractivity contribution < 1.29 is 28.7 Å². The lowest BCUT2D eigenvalue weighted by atomic mass is 9.98. The molecular formula is C48H52N8O6. The molecule has 62 heavy (non-hydrogen) atoms. The molecule has 0 radical (unpaired) electrons. The zero-order valence-electron chi connectivity index (χ0n) is 35.6. The van der Waals surface area contributed by atoms with Gasteiger partial charge in [-0.2, -0.15) is 0 Å². The number of ether oxygens (including phenoxy) is 2. The number of aryl methyl sites for hydroxylation is 1. The molecule has 2 fully saturated rings. The highest BCUT2D eigenvalue weighted by molar-refractivity contribution is 5.91. The third-order valence-corrected chi connectivity index (χ3v) is 12.1. The summed E-state index contributed by atoms with van der Waals surface area (Å²) in [6.45, 7) is 6.93. The van der Waals surface area contributed by atoms with E-state index in [4.69, 9.17) is 19.4 Å². The number of imidazole rings is 2. The van der Waals surface area contributed by atoms with Gasteiger partial charge in [0.2, 0.25) is 5.91 Å². The number of aromatic amines is 2. The molecule has 2 aromatic heterocycles. The molecule has 4 aromatic carbocycles. The number of hydrogen-bond donors (Lipinski definition) is 4. The number of rotatable bonds is 11. The van der Waals surface area contributed by atoms with Gasteiger partial charge < -0.3 is 39.9 Å². The molecular weight excluding hydrogens is 785 g/mol. The SMILES string of the molecule is COC(=O)NC(C(=O)N1CCCC1c1ncc(-c2ccc(-c3ccc4cc(-c5cnc(C6CCCN6C(=O)C(NC(=O)OC)C(C)C)[nH]5)ccc4c3)cc2)[nH]1)c1ccc(C)cc1. The number of benzene rings is 4. The van der Waals surface area contributed by atoms with Crippen molar-refractivity contribution >= 4 is 34.8 Å². The third kappa shape index (κ3) is 8.63. The maximum absolute atomic E-state index is 14.0. The van der Waals surface area contributed by atoms with E-state index < -0.39 is 24.3 Å². The summed E-state index contributed by atoms with van der Waals surface area (Å²) >= 11 is 0. The van der Waals surface area contributed by atoms with Crippen molar-refractivity contribution in [1.82, 2.24) is 40.4 Å². The van der Waals surface area contributed by atoms with Crippen molar-refractivity contribution in [1.29, 1.82) is 0 Å². The van der Waals surface area contributed by atoms with Crippen molar-refractivity contribution in [3.8, 4) is 33.6 Å². The van der Waals surface area contributed by atoms with Crippen molar-refractivity contribution in [3.05, 3.63) is 120 Å². The molecule has 2 aliphatic rings. The molecule has 14 heteroatoms. The van der Waals surface area contributed by atoms with Gasteiger partial charge in [0.1, 0.15) is 23.7 Å². The highest BCUT2D eigenvalue weighted by Gasteiger charge is 2.39. The number of amides is 4. The molecule has 4 heterocycles. The number of hydrogen-bond acceptors (Lipinski definition) is 8. The van der Waals surface area contributed by atoms with Crippen molar-refractivity contribution in [2.45, 2.75) is 70.6 Å². The van der Waals surface area contributed by atoms with Gasteiger partial charge >= 0.3 is 12.2 Å². The van der Waals surface area contributed by atoms with Crippen LogP contribution in [0.2, 0.25) is 0 Å². The first-order valence-corrected chi connectivity index (χ1v) is 21.1. The Hall–Kier alpha value is -6.96. The molecule has 14 nitrogen and oxygen atoms in total. The molecule has 8 rings (SSSR count). The number of H-pyrrole nitrogens is 2. The van der Waals surface area contributed by atoms with Gasteiger partial charge in [-0.1, -0.05) is 92.2 Å².